The van der Waals surface area contributed by atoms with E-state index in [0.717, 1.165) is 49.6 Å². The Morgan fingerprint density at radius 3 is 2.82 bits per heavy atom. The maximum Gasteiger partial charge on any atom is 0.255 e. The van der Waals surface area contributed by atoms with Gasteiger partial charge in [-0.3, -0.25) is 4.79 Å². The van der Waals surface area contributed by atoms with Crippen LogP contribution in [0.5, 0.6) is 0 Å². The highest BCUT2D eigenvalue weighted by molar-refractivity contribution is 5.94. The summed E-state index contributed by atoms with van der Waals surface area (Å²) in [6.07, 6.45) is 10.4. The van der Waals surface area contributed by atoms with E-state index < -0.39 is 0 Å². The van der Waals surface area contributed by atoms with E-state index in [1.54, 1.807) is 6.20 Å². The van der Waals surface area contributed by atoms with Crippen LogP contribution in [0.2, 0.25) is 0 Å². The molecule has 22 heavy (non-hydrogen) atoms. The molecule has 5 nitrogen and oxygen atoms in total. The Morgan fingerprint density at radius 1 is 1.23 bits per heavy atom. The Balaban J connectivity index is 1.36. The second-order valence-corrected chi connectivity index (χ2v) is 6.53. The molecule has 0 radical (unpaired) electrons. The summed E-state index contributed by atoms with van der Waals surface area (Å²) in [5.41, 5.74) is 1.62. The van der Waals surface area contributed by atoms with Crippen LogP contribution in [0.3, 0.4) is 0 Å². The van der Waals surface area contributed by atoms with Crippen LogP contribution in [0, 0.1) is 5.92 Å². The van der Waals surface area contributed by atoms with Crippen LogP contribution in [-0.2, 0) is 0 Å². The molecule has 2 aromatic rings. The number of piperidine rings is 1. The minimum Gasteiger partial charge on any atom is -0.338 e. The molecule has 0 spiro atoms. The van der Waals surface area contributed by atoms with Gasteiger partial charge in [-0.2, -0.15) is 0 Å². The first-order chi connectivity index (χ1) is 10.8. The number of carbonyl (C=O) groups excluding carboxylic acids is 1. The van der Waals surface area contributed by atoms with E-state index in [1.807, 2.05) is 33.8 Å². The SMILES string of the molecule is O=C(c1ccc2nccn2c1)N1CCC(NCC2CC2)CC1. The lowest BCUT2D eigenvalue weighted by Crippen LogP contribution is -2.45. The Hall–Kier alpha value is -1.88. The van der Waals surface area contributed by atoms with Gasteiger partial charge in [-0.15, -0.1) is 0 Å². The molecule has 1 saturated carbocycles. The average Bonchev–Trinajstić information content (AvgIpc) is 3.27. The Labute approximate surface area is 130 Å². The van der Waals surface area contributed by atoms with Gasteiger partial charge >= 0.3 is 0 Å². The average molecular weight is 298 g/mol. The number of hydrogen-bond donors (Lipinski definition) is 1. The van der Waals surface area contributed by atoms with Crippen molar-refractivity contribution in [2.45, 2.75) is 31.7 Å². The minimum absolute atomic E-state index is 0.135. The van der Waals surface area contributed by atoms with Crippen LogP contribution in [0.1, 0.15) is 36.0 Å². The monoisotopic (exact) mass is 298 g/mol. The summed E-state index contributed by atoms with van der Waals surface area (Å²) < 4.78 is 1.90. The third kappa shape index (κ3) is 2.86. The van der Waals surface area contributed by atoms with Crippen molar-refractivity contribution >= 4 is 11.6 Å². The zero-order chi connectivity index (χ0) is 14.9. The first-order valence-corrected chi connectivity index (χ1v) is 8.25. The highest BCUT2D eigenvalue weighted by atomic mass is 16.2. The van der Waals surface area contributed by atoms with Crippen LogP contribution >= 0.6 is 0 Å². The summed E-state index contributed by atoms with van der Waals surface area (Å²) in [4.78, 5) is 18.8. The van der Waals surface area contributed by atoms with Crippen molar-refractivity contribution in [1.29, 1.82) is 0 Å². The van der Waals surface area contributed by atoms with Gasteiger partial charge in [-0.25, -0.2) is 4.98 Å². The van der Waals surface area contributed by atoms with Gasteiger partial charge in [0.15, 0.2) is 0 Å². The predicted octanol–water partition coefficient (Wildman–Crippen LogP) is 1.94. The van der Waals surface area contributed by atoms with Crippen molar-refractivity contribution < 1.29 is 4.79 Å². The lowest BCUT2D eigenvalue weighted by molar-refractivity contribution is 0.0704. The molecule has 3 heterocycles. The third-order valence-electron chi connectivity index (χ3n) is 4.81. The molecule has 2 fully saturated rings. The molecule has 4 rings (SSSR count). The molecule has 2 aliphatic rings. The summed E-state index contributed by atoms with van der Waals surface area (Å²) >= 11 is 0. The highest BCUT2D eigenvalue weighted by Gasteiger charge is 2.26. The number of nitrogens with one attached hydrogen (secondary N) is 1. The van der Waals surface area contributed by atoms with Crippen molar-refractivity contribution in [3.63, 3.8) is 0 Å². The molecule has 2 aromatic heterocycles. The van der Waals surface area contributed by atoms with E-state index in [0.29, 0.717) is 6.04 Å². The number of carbonyl (C=O) groups is 1. The number of rotatable bonds is 4. The van der Waals surface area contributed by atoms with Gasteiger partial charge in [-0.1, -0.05) is 0 Å². The number of aromatic nitrogens is 2. The second-order valence-electron chi connectivity index (χ2n) is 6.53. The van der Waals surface area contributed by atoms with Gasteiger partial charge in [-0.05, 0) is 50.3 Å². The summed E-state index contributed by atoms with van der Waals surface area (Å²) in [6, 6.07) is 4.36. The Morgan fingerprint density at radius 2 is 2.05 bits per heavy atom. The first kappa shape index (κ1) is 13.8. The molecule has 5 heteroatoms. The Bertz CT molecular complexity index is 668. The summed E-state index contributed by atoms with van der Waals surface area (Å²) in [5, 5.41) is 3.65. The largest absolute Gasteiger partial charge is 0.338 e. The number of pyridine rings is 1. The number of nitrogens with zero attached hydrogens (tertiary/aromatic N) is 3. The normalized spacial score (nSPS) is 19.7. The van der Waals surface area contributed by atoms with Gasteiger partial charge < -0.3 is 14.6 Å². The van der Waals surface area contributed by atoms with Crippen LogP contribution in [-0.4, -0.2) is 45.9 Å². The molecular formula is C17H22N4O. The molecule has 0 unspecified atom stereocenters. The van der Waals surface area contributed by atoms with E-state index in [2.05, 4.69) is 10.3 Å². The van der Waals surface area contributed by atoms with Crippen LogP contribution in [0.25, 0.3) is 5.65 Å². The van der Waals surface area contributed by atoms with Crippen molar-refractivity contribution in [3.8, 4) is 0 Å². The van der Waals surface area contributed by atoms with Crippen LogP contribution in [0.15, 0.2) is 30.7 Å². The number of hydrogen-bond acceptors (Lipinski definition) is 3. The van der Waals surface area contributed by atoms with Crippen molar-refractivity contribution in [2.75, 3.05) is 19.6 Å². The van der Waals surface area contributed by atoms with Crippen molar-refractivity contribution in [2.24, 2.45) is 5.92 Å². The van der Waals surface area contributed by atoms with E-state index in [9.17, 15) is 4.79 Å². The third-order valence-corrected chi connectivity index (χ3v) is 4.81. The lowest BCUT2D eigenvalue weighted by atomic mass is 10.0. The van der Waals surface area contributed by atoms with Crippen LogP contribution < -0.4 is 5.32 Å². The molecule has 116 valence electrons. The number of amides is 1. The quantitative estimate of drug-likeness (QED) is 0.938. The predicted molar refractivity (Wildman–Crippen MR) is 84.8 cm³/mol. The molecule has 1 aliphatic heterocycles. The standard InChI is InChI=1S/C17H22N4O/c22-17(14-3-4-16-18-7-10-21(16)12-14)20-8-5-15(6-9-20)19-11-13-1-2-13/h3-4,7,10,12-13,15,19H,1-2,5-6,8-9,11H2. The van der Waals surface area contributed by atoms with E-state index in [1.165, 1.54) is 12.8 Å². The lowest BCUT2D eigenvalue weighted by Gasteiger charge is -2.32. The minimum atomic E-state index is 0.135. The van der Waals surface area contributed by atoms with Gasteiger partial charge in [0.25, 0.3) is 5.91 Å². The molecular weight excluding hydrogens is 276 g/mol. The zero-order valence-corrected chi connectivity index (χ0v) is 12.7. The fourth-order valence-electron chi connectivity index (χ4n) is 3.17. The first-order valence-electron chi connectivity index (χ1n) is 8.25. The fraction of sp³-hybridized carbons (Fsp3) is 0.529. The maximum absolute atomic E-state index is 12.6. The fourth-order valence-corrected chi connectivity index (χ4v) is 3.17. The molecule has 0 aromatic carbocycles. The van der Waals surface area contributed by atoms with Gasteiger partial charge in [0.2, 0.25) is 0 Å². The topological polar surface area (TPSA) is 49.6 Å². The van der Waals surface area contributed by atoms with Gasteiger partial charge in [0.1, 0.15) is 5.65 Å². The van der Waals surface area contributed by atoms with Crippen LogP contribution in [0.4, 0.5) is 0 Å². The van der Waals surface area contributed by atoms with E-state index in [-0.39, 0.29) is 5.91 Å². The summed E-state index contributed by atoms with van der Waals surface area (Å²) in [7, 11) is 0. The maximum atomic E-state index is 12.6. The molecule has 0 bridgehead atoms. The molecule has 1 aliphatic carbocycles. The van der Waals surface area contributed by atoms with E-state index in [4.69, 9.17) is 0 Å². The summed E-state index contributed by atoms with van der Waals surface area (Å²) in [6.45, 7) is 2.86. The number of imidazole rings is 1. The van der Waals surface area contributed by atoms with Crippen molar-refractivity contribution in [1.82, 2.24) is 19.6 Å². The molecule has 1 saturated heterocycles. The molecule has 0 atom stereocenters. The number of fused-ring (bicyclic) bond motifs is 1. The molecule has 1 amide bonds. The van der Waals surface area contributed by atoms with Gasteiger partial charge in [0.05, 0.1) is 5.56 Å². The van der Waals surface area contributed by atoms with E-state index >= 15 is 0 Å². The zero-order valence-electron chi connectivity index (χ0n) is 12.7. The summed E-state index contributed by atoms with van der Waals surface area (Å²) in [5.74, 6) is 1.05. The number of likely N-dealkylation sites (tertiary alicyclic amines) is 1. The highest BCUT2D eigenvalue weighted by Crippen LogP contribution is 2.28. The smallest absolute Gasteiger partial charge is 0.255 e. The molecule has 1 N–H and O–H groups in total. The Kier molecular flexibility index (Phi) is 3.58. The van der Waals surface area contributed by atoms with Crippen molar-refractivity contribution in [3.05, 3.63) is 36.3 Å². The van der Waals surface area contributed by atoms with Gasteiger partial charge in [0, 0.05) is 37.7 Å². The second kappa shape index (κ2) is 5.72.